The molecule has 1 amide bonds. The number of furan rings is 1. The van der Waals surface area contributed by atoms with Crippen molar-refractivity contribution in [2.75, 3.05) is 6.54 Å². The molecule has 124 valence electrons. The maximum Gasteiger partial charge on any atom is 0.254 e. The Morgan fingerprint density at radius 3 is 2.20 bits per heavy atom. The van der Waals surface area contributed by atoms with Crippen LogP contribution in [0.15, 0.2) is 71.5 Å². The van der Waals surface area contributed by atoms with E-state index < -0.39 is 0 Å². The second-order valence-corrected chi connectivity index (χ2v) is 7.01. The first-order chi connectivity index (χ1) is 12.3. The van der Waals surface area contributed by atoms with Crippen LogP contribution in [0, 0.1) is 5.92 Å². The molecule has 1 N–H and O–H groups in total. The van der Waals surface area contributed by atoms with E-state index in [1.807, 2.05) is 0 Å². The third-order valence-electron chi connectivity index (χ3n) is 5.73. The quantitative estimate of drug-likeness (QED) is 0.778. The average molecular weight is 329 g/mol. The molecule has 6 rings (SSSR count). The molecule has 3 nitrogen and oxygen atoms in total. The first-order valence-corrected chi connectivity index (χ1v) is 8.81. The van der Waals surface area contributed by atoms with Crippen molar-refractivity contribution in [3.63, 3.8) is 0 Å². The lowest BCUT2D eigenvalue weighted by molar-refractivity contribution is 0.0942. The van der Waals surface area contributed by atoms with E-state index in [4.69, 9.17) is 4.42 Å². The zero-order valence-corrected chi connectivity index (χ0v) is 13.8. The van der Waals surface area contributed by atoms with Gasteiger partial charge in [0.15, 0.2) is 0 Å². The number of benzene rings is 2. The molecule has 3 aromatic rings. The number of amides is 1. The van der Waals surface area contributed by atoms with Gasteiger partial charge in [-0.25, -0.2) is 0 Å². The maximum absolute atomic E-state index is 12.3. The highest BCUT2D eigenvalue weighted by Crippen LogP contribution is 2.55. The molecule has 0 aliphatic heterocycles. The number of rotatable bonds is 3. The zero-order chi connectivity index (χ0) is 16.8. The van der Waals surface area contributed by atoms with Crippen molar-refractivity contribution in [3.8, 4) is 0 Å². The molecule has 3 aliphatic rings. The van der Waals surface area contributed by atoms with Crippen LogP contribution in [-0.4, -0.2) is 12.5 Å². The molecule has 0 fully saturated rings. The van der Waals surface area contributed by atoms with Crippen LogP contribution in [-0.2, 0) is 0 Å². The van der Waals surface area contributed by atoms with Crippen LogP contribution in [0.5, 0.6) is 0 Å². The molecule has 1 unspecified atom stereocenters. The standard InChI is InChI=1S/C22H19NO2/c24-22(14-9-10-25-13-14)23-12-15-11-20-16-5-1-3-7-18(16)21(15)19-8-4-2-6-17(19)20/h1-10,13,15,20-21H,11-12H2,(H,23,24). The Morgan fingerprint density at radius 1 is 0.960 bits per heavy atom. The van der Waals surface area contributed by atoms with E-state index in [-0.39, 0.29) is 5.91 Å². The molecule has 1 aromatic heterocycles. The fourth-order valence-corrected chi connectivity index (χ4v) is 4.68. The van der Waals surface area contributed by atoms with Crippen LogP contribution in [0.2, 0.25) is 0 Å². The third-order valence-corrected chi connectivity index (χ3v) is 5.73. The topological polar surface area (TPSA) is 42.2 Å². The molecular formula is C22H19NO2. The van der Waals surface area contributed by atoms with Gasteiger partial charge in [0.1, 0.15) is 6.26 Å². The van der Waals surface area contributed by atoms with Gasteiger partial charge >= 0.3 is 0 Å². The van der Waals surface area contributed by atoms with Crippen LogP contribution in [0.3, 0.4) is 0 Å². The largest absolute Gasteiger partial charge is 0.472 e. The summed E-state index contributed by atoms with van der Waals surface area (Å²) in [6, 6.07) is 19.3. The van der Waals surface area contributed by atoms with E-state index >= 15 is 0 Å². The number of hydrogen-bond donors (Lipinski definition) is 1. The monoisotopic (exact) mass is 329 g/mol. The van der Waals surface area contributed by atoms with Crippen LogP contribution in [0.25, 0.3) is 0 Å². The molecule has 25 heavy (non-hydrogen) atoms. The average Bonchev–Trinajstić information content (AvgIpc) is 3.21. The smallest absolute Gasteiger partial charge is 0.254 e. The molecule has 0 radical (unpaired) electrons. The van der Waals surface area contributed by atoms with Gasteiger partial charge < -0.3 is 9.73 Å². The van der Waals surface area contributed by atoms with E-state index in [2.05, 4.69) is 53.8 Å². The molecule has 0 saturated carbocycles. The predicted molar refractivity (Wildman–Crippen MR) is 95.7 cm³/mol. The molecule has 0 saturated heterocycles. The number of carbonyl (C=O) groups is 1. The van der Waals surface area contributed by atoms with Crippen molar-refractivity contribution < 1.29 is 9.21 Å². The van der Waals surface area contributed by atoms with Gasteiger partial charge in [-0.2, -0.15) is 0 Å². The molecular weight excluding hydrogens is 310 g/mol. The third kappa shape index (κ3) is 2.23. The van der Waals surface area contributed by atoms with Crippen LogP contribution in [0.1, 0.15) is 50.9 Å². The zero-order valence-electron chi connectivity index (χ0n) is 13.8. The van der Waals surface area contributed by atoms with E-state index in [9.17, 15) is 4.79 Å². The minimum Gasteiger partial charge on any atom is -0.472 e. The first-order valence-electron chi connectivity index (χ1n) is 8.81. The first kappa shape index (κ1) is 14.5. The van der Waals surface area contributed by atoms with Crippen LogP contribution < -0.4 is 5.32 Å². The minimum atomic E-state index is -0.0585. The van der Waals surface area contributed by atoms with Gasteiger partial charge in [0.05, 0.1) is 11.8 Å². The summed E-state index contributed by atoms with van der Waals surface area (Å²) >= 11 is 0. The van der Waals surface area contributed by atoms with Gasteiger partial charge in [-0.05, 0) is 40.7 Å². The number of fused-ring (bicyclic) bond motifs is 1. The van der Waals surface area contributed by atoms with Gasteiger partial charge in [-0.1, -0.05) is 48.5 Å². The molecule has 3 heteroatoms. The molecule has 0 spiro atoms. The summed E-state index contributed by atoms with van der Waals surface area (Å²) in [7, 11) is 0. The van der Waals surface area contributed by atoms with Crippen LogP contribution in [0.4, 0.5) is 0 Å². The second kappa shape index (κ2) is 5.62. The van der Waals surface area contributed by atoms with E-state index in [1.165, 1.54) is 34.8 Å². The Morgan fingerprint density at radius 2 is 1.60 bits per heavy atom. The highest BCUT2D eigenvalue weighted by molar-refractivity contribution is 5.93. The Balaban J connectivity index is 1.47. The lowest BCUT2D eigenvalue weighted by atomic mass is 9.59. The van der Waals surface area contributed by atoms with E-state index in [0.29, 0.717) is 29.9 Å². The fraction of sp³-hybridized carbons (Fsp3) is 0.227. The molecule has 1 heterocycles. The number of nitrogens with one attached hydrogen (secondary N) is 1. The lowest BCUT2D eigenvalue weighted by Gasteiger charge is -2.45. The van der Waals surface area contributed by atoms with Gasteiger partial charge in [0, 0.05) is 18.4 Å². The normalized spacial score (nSPS) is 23.0. The number of carbonyl (C=O) groups excluding carboxylic acids is 1. The minimum absolute atomic E-state index is 0.0585. The summed E-state index contributed by atoms with van der Waals surface area (Å²) in [5.41, 5.74) is 6.37. The van der Waals surface area contributed by atoms with Crippen molar-refractivity contribution in [3.05, 3.63) is 94.9 Å². The van der Waals surface area contributed by atoms with Crippen molar-refractivity contribution in [1.82, 2.24) is 5.32 Å². The second-order valence-electron chi connectivity index (χ2n) is 7.01. The Hall–Kier alpha value is -2.81. The SMILES string of the molecule is O=C(NCC1CC2c3ccccc3C1c1ccccc12)c1ccoc1. The number of hydrogen-bond acceptors (Lipinski definition) is 2. The van der Waals surface area contributed by atoms with Crippen LogP contribution >= 0.6 is 0 Å². The van der Waals surface area contributed by atoms with Crippen molar-refractivity contribution in [2.45, 2.75) is 18.3 Å². The maximum atomic E-state index is 12.3. The predicted octanol–water partition coefficient (Wildman–Crippen LogP) is 4.31. The Bertz CT molecular complexity index is 881. The van der Waals surface area contributed by atoms with Gasteiger partial charge in [0.25, 0.3) is 5.91 Å². The van der Waals surface area contributed by atoms with Crippen molar-refractivity contribution >= 4 is 5.91 Å². The summed E-state index contributed by atoms with van der Waals surface area (Å²) < 4.78 is 5.01. The highest BCUT2D eigenvalue weighted by atomic mass is 16.3. The fourth-order valence-electron chi connectivity index (χ4n) is 4.68. The summed E-state index contributed by atoms with van der Waals surface area (Å²) in [5, 5.41) is 3.10. The summed E-state index contributed by atoms with van der Waals surface area (Å²) in [6.07, 6.45) is 4.11. The molecule has 2 aromatic carbocycles. The molecule has 1 atom stereocenters. The summed E-state index contributed by atoms with van der Waals surface area (Å²) in [5.74, 6) is 1.16. The Kier molecular flexibility index (Phi) is 3.27. The molecule has 3 aliphatic carbocycles. The highest BCUT2D eigenvalue weighted by Gasteiger charge is 2.42. The summed E-state index contributed by atoms with van der Waals surface area (Å²) in [4.78, 5) is 12.3. The van der Waals surface area contributed by atoms with Crippen molar-refractivity contribution in [2.24, 2.45) is 5.92 Å². The molecule has 2 bridgehead atoms. The van der Waals surface area contributed by atoms with E-state index in [0.717, 1.165) is 6.42 Å². The lowest BCUT2D eigenvalue weighted by Crippen LogP contribution is -2.39. The van der Waals surface area contributed by atoms with Gasteiger partial charge in [-0.3, -0.25) is 4.79 Å². The Labute approximate surface area is 146 Å². The van der Waals surface area contributed by atoms with Gasteiger partial charge in [0.2, 0.25) is 0 Å². The summed E-state index contributed by atoms with van der Waals surface area (Å²) in [6.45, 7) is 0.688. The van der Waals surface area contributed by atoms with Gasteiger partial charge in [-0.15, -0.1) is 0 Å². The van der Waals surface area contributed by atoms with Crippen molar-refractivity contribution in [1.29, 1.82) is 0 Å². The van der Waals surface area contributed by atoms with E-state index in [1.54, 1.807) is 6.07 Å².